The van der Waals surface area contributed by atoms with Crippen LogP contribution in [0.25, 0.3) is 0 Å². The van der Waals surface area contributed by atoms with E-state index in [1.165, 1.54) is 32.1 Å². The largest absolute Gasteiger partial charge is 0.307 e. The summed E-state index contributed by atoms with van der Waals surface area (Å²) in [7, 11) is 0. The van der Waals surface area contributed by atoms with E-state index < -0.39 is 0 Å². The quantitative estimate of drug-likeness (QED) is 0.647. The van der Waals surface area contributed by atoms with Gasteiger partial charge in [0.25, 0.3) is 5.69 Å². The van der Waals surface area contributed by atoms with Gasteiger partial charge in [0.05, 0.1) is 4.92 Å². The van der Waals surface area contributed by atoms with Crippen LogP contribution in [-0.2, 0) is 0 Å². The average molecular weight is 276 g/mol. The van der Waals surface area contributed by atoms with E-state index in [0.29, 0.717) is 12.0 Å². The Morgan fingerprint density at radius 3 is 2.50 bits per heavy atom. The molecule has 0 saturated heterocycles. The normalized spacial score (nSPS) is 19.5. The molecule has 0 aliphatic heterocycles. The van der Waals surface area contributed by atoms with Gasteiger partial charge >= 0.3 is 0 Å². The number of nitrogens with one attached hydrogen (secondary N) is 1. The molecule has 2 atom stereocenters. The van der Waals surface area contributed by atoms with Crippen molar-refractivity contribution in [1.29, 1.82) is 0 Å². The number of hydrogen-bond acceptors (Lipinski definition) is 3. The van der Waals surface area contributed by atoms with Gasteiger partial charge in [0.1, 0.15) is 0 Å². The summed E-state index contributed by atoms with van der Waals surface area (Å²) in [5, 5.41) is 14.6. The fourth-order valence-corrected chi connectivity index (χ4v) is 3.27. The van der Waals surface area contributed by atoms with Crippen LogP contribution in [0.3, 0.4) is 0 Å². The van der Waals surface area contributed by atoms with Crippen molar-refractivity contribution in [2.45, 2.75) is 58.0 Å². The Labute approximate surface area is 120 Å². The summed E-state index contributed by atoms with van der Waals surface area (Å²) in [5.41, 5.74) is 0.989. The van der Waals surface area contributed by atoms with Gasteiger partial charge in [-0.1, -0.05) is 37.5 Å². The minimum atomic E-state index is -0.293. The molecule has 20 heavy (non-hydrogen) atoms. The molecular weight excluding hydrogens is 252 g/mol. The molecule has 0 bridgehead atoms. The lowest BCUT2D eigenvalue weighted by Crippen LogP contribution is -2.36. The van der Waals surface area contributed by atoms with Gasteiger partial charge in [0.15, 0.2) is 0 Å². The van der Waals surface area contributed by atoms with Crippen molar-refractivity contribution < 1.29 is 4.92 Å². The van der Waals surface area contributed by atoms with E-state index in [9.17, 15) is 10.1 Å². The first-order valence-corrected chi connectivity index (χ1v) is 7.59. The Morgan fingerprint density at radius 1 is 1.20 bits per heavy atom. The zero-order valence-corrected chi connectivity index (χ0v) is 12.3. The molecule has 0 heterocycles. The van der Waals surface area contributed by atoms with E-state index in [-0.39, 0.29) is 16.7 Å². The number of para-hydroxylation sites is 1. The fraction of sp³-hybridized carbons (Fsp3) is 0.625. The number of nitro benzene ring substituents is 1. The lowest BCUT2D eigenvalue weighted by Gasteiger charge is -2.30. The molecule has 1 unspecified atom stereocenters. The van der Waals surface area contributed by atoms with Crippen molar-refractivity contribution in [2.75, 3.05) is 0 Å². The monoisotopic (exact) mass is 276 g/mol. The number of rotatable bonds is 5. The fourth-order valence-electron chi connectivity index (χ4n) is 3.27. The van der Waals surface area contributed by atoms with Crippen molar-refractivity contribution in [3.8, 4) is 0 Å². The molecule has 0 aromatic heterocycles. The molecule has 1 aliphatic rings. The van der Waals surface area contributed by atoms with Crippen LogP contribution in [0.1, 0.15) is 57.6 Å². The van der Waals surface area contributed by atoms with Crippen LogP contribution >= 0.6 is 0 Å². The van der Waals surface area contributed by atoms with Crippen LogP contribution in [0.4, 0.5) is 5.69 Å². The second-order valence-electron chi connectivity index (χ2n) is 5.89. The van der Waals surface area contributed by atoms with Gasteiger partial charge in [-0.25, -0.2) is 0 Å². The third kappa shape index (κ3) is 3.57. The molecule has 1 N–H and O–H groups in total. The Hall–Kier alpha value is -1.42. The van der Waals surface area contributed by atoms with E-state index in [2.05, 4.69) is 12.2 Å². The van der Waals surface area contributed by atoms with E-state index in [1.807, 2.05) is 19.1 Å². The Balaban J connectivity index is 2.04. The summed E-state index contributed by atoms with van der Waals surface area (Å²) in [6.07, 6.45) is 6.53. The predicted molar refractivity (Wildman–Crippen MR) is 80.7 cm³/mol. The van der Waals surface area contributed by atoms with Crippen LogP contribution in [-0.4, -0.2) is 11.0 Å². The third-order valence-corrected chi connectivity index (χ3v) is 4.47. The van der Waals surface area contributed by atoms with Crippen LogP contribution in [0, 0.1) is 16.0 Å². The van der Waals surface area contributed by atoms with Crippen LogP contribution < -0.4 is 5.32 Å². The molecule has 1 saturated carbocycles. The van der Waals surface area contributed by atoms with Gasteiger partial charge in [-0.3, -0.25) is 10.1 Å². The minimum absolute atomic E-state index is 0.00789. The highest BCUT2D eigenvalue weighted by Gasteiger charge is 2.24. The molecule has 2 rings (SSSR count). The van der Waals surface area contributed by atoms with Gasteiger partial charge in [0.2, 0.25) is 0 Å². The van der Waals surface area contributed by atoms with Crippen LogP contribution in [0.2, 0.25) is 0 Å². The summed E-state index contributed by atoms with van der Waals surface area (Å²) in [4.78, 5) is 10.8. The first-order chi connectivity index (χ1) is 9.59. The summed E-state index contributed by atoms with van der Waals surface area (Å²) in [6, 6.07) is 7.44. The van der Waals surface area contributed by atoms with Crippen molar-refractivity contribution in [3.05, 3.63) is 39.9 Å². The number of nitro groups is 1. The molecule has 0 amide bonds. The molecule has 4 nitrogen and oxygen atoms in total. The van der Waals surface area contributed by atoms with E-state index >= 15 is 0 Å². The van der Waals surface area contributed by atoms with Crippen molar-refractivity contribution >= 4 is 5.69 Å². The van der Waals surface area contributed by atoms with E-state index in [0.717, 1.165) is 5.56 Å². The Bertz CT molecular complexity index is 456. The smallest absolute Gasteiger partial charge is 0.274 e. The molecule has 1 aliphatic carbocycles. The highest BCUT2D eigenvalue weighted by Crippen LogP contribution is 2.29. The first kappa shape index (κ1) is 15.0. The Morgan fingerprint density at radius 2 is 1.85 bits per heavy atom. The summed E-state index contributed by atoms with van der Waals surface area (Å²) in [5.74, 6) is 0.703. The second-order valence-corrected chi connectivity index (χ2v) is 5.89. The number of benzene rings is 1. The van der Waals surface area contributed by atoms with Crippen molar-refractivity contribution in [2.24, 2.45) is 5.92 Å². The molecule has 1 aromatic rings. The topological polar surface area (TPSA) is 55.2 Å². The maximum atomic E-state index is 11.1. The summed E-state index contributed by atoms with van der Waals surface area (Å²) < 4.78 is 0. The average Bonchev–Trinajstić information content (AvgIpc) is 2.48. The molecule has 4 heteroatoms. The maximum Gasteiger partial charge on any atom is 0.274 e. The lowest BCUT2D eigenvalue weighted by molar-refractivity contribution is -0.385. The molecular formula is C16H24N2O2. The third-order valence-electron chi connectivity index (χ3n) is 4.47. The zero-order chi connectivity index (χ0) is 14.5. The van der Waals surface area contributed by atoms with Gasteiger partial charge in [0, 0.05) is 23.7 Å². The van der Waals surface area contributed by atoms with Gasteiger partial charge in [-0.2, -0.15) is 0 Å². The van der Waals surface area contributed by atoms with Gasteiger partial charge < -0.3 is 5.32 Å². The van der Waals surface area contributed by atoms with E-state index in [4.69, 9.17) is 0 Å². The van der Waals surface area contributed by atoms with Crippen molar-refractivity contribution in [1.82, 2.24) is 5.32 Å². The van der Waals surface area contributed by atoms with Crippen LogP contribution in [0.5, 0.6) is 0 Å². The highest BCUT2D eigenvalue weighted by molar-refractivity contribution is 5.41. The lowest BCUT2D eigenvalue weighted by atomic mass is 9.84. The minimum Gasteiger partial charge on any atom is -0.307 e. The highest BCUT2D eigenvalue weighted by atomic mass is 16.6. The molecule has 0 radical (unpaired) electrons. The standard InChI is InChI=1S/C16H24N2O2/c1-12(14-8-4-3-5-9-14)17-13(2)15-10-6-7-11-16(15)18(19)20/h6-7,10-14,17H,3-5,8-9H2,1-2H3/t12-,13?/m1/s1. The number of hydrogen-bond donors (Lipinski definition) is 1. The van der Waals surface area contributed by atoms with Gasteiger partial charge in [-0.15, -0.1) is 0 Å². The summed E-state index contributed by atoms with van der Waals surface area (Å²) in [6.45, 7) is 4.23. The van der Waals surface area contributed by atoms with Gasteiger partial charge in [-0.05, 0) is 32.6 Å². The zero-order valence-electron chi connectivity index (χ0n) is 12.3. The molecule has 0 spiro atoms. The Kier molecular flexibility index (Phi) is 5.12. The number of nitrogens with zero attached hydrogens (tertiary/aromatic N) is 1. The van der Waals surface area contributed by atoms with E-state index in [1.54, 1.807) is 12.1 Å². The molecule has 110 valence electrons. The maximum absolute atomic E-state index is 11.1. The first-order valence-electron chi connectivity index (χ1n) is 7.59. The molecule has 1 fully saturated rings. The summed E-state index contributed by atoms with van der Waals surface area (Å²) >= 11 is 0. The second kappa shape index (κ2) is 6.84. The predicted octanol–water partition coefficient (Wildman–Crippen LogP) is 4.21. The SMILES string of the molecule is CC(N[C@H](C)C1CCCCC1)c1ccccc1[N+](=O)[O-]. The van der Waals surface area contributed by atoms with Crippen LogP contribution in [0.15, 0.2) is 24.3 Å². The molecule has 1 aromatic carbocycles. The van der Waals surface area contributed by atoms with Crippen molar-refractivity contribution in [3.63, 3.8) is 0 Å².